The molecule has 0 bridgehead atoms. The average molecular weight is 192 g/mol. The number of rotatable bonds is 2. The summed E-state index contributed by atoms with van der Waals surface area (Å²) in [6.07, 6.45) is 3.63. The van der Waals surface area contributed by atoms with E-state index in [-0.39, 0.29) is 11.8 Å². The zero-order valence-electron chi connectivity index (χ0n) is 7.18. The van der Waals surface area contributed by atoms with Gasteiger partial charge in [0.2, 0.25) is 11.8 Å². The van der Waals surface area contributed by atoms with Crippen molar-refractivity contribution >= 4 is 0 Å². The van der Waals surface area contributed by atoms with Crippen LogP contribution in [-0.2, 0) is 6.42 Å². The minimum Gasteiger partial charge on any atom is -0.493 e. The lowest BCUT2D eigenvalue weighted by atomic mass is 10.4. The largest absolute Gasteiger partial charge is 0.493 e. The molecule has 0 saturated carbocycles. The molecule has 0 fully saturated rings. The van der Waals surface area contributed by atoms with E-state index in [2.05, 4.69) is 19.9 Å². The Morgan fingerprint density at radius 2 is 1.93 bits per heavy atom. The van der Waals surface area contributed by atoms with E-state index >= 15 is 0 Å². The minimum atomic E-state index is -0.251. The normalized spacial score (nSPS) is 10.3. The van der Waals surface area contributed by atoms with Gasteiger partial charge in [-0.05, 0) is 0 Å². The molecule has 2 heterocycles. The van der Waals surface area contributed by atoms with Crippen LogP contribution in [0, 0.1) is 0 Å². The van der Waals surface area contributed by atoms with Crippen LogP contribution in [0.3, 0.4) is 0 Å². The second kappa shape index (κ2) is 3.33. The molecule has 14 heavy (non-hydrogen) atoms. The van der Waals surface area contributed by atoms with E-state index in [0.717, 1.165) is 6.07 Å². The predicted molar refractivity (Wildman–Crippen MR) is 46.8 cm³/mol. The summed E-state index contributed by atoms with van der Waals surface area (Å²) in [5, 5.41) is 18.2. The van der Waals surface area contributed by atoms with Crippen LogP contribution in [0.2, 0.25) is 0 Å². The molecule has 2 aromatic rings. The molecule has 0 aliphatic carbocycles. The molecule has 0 saturated heterocycles. The Bertz CT molecular complexity index is 407. The van der Waals surface area contributed by atoms with E-state index in [4.69, 9.17) is 10.2 Å². The SMILES string of the molecule is Oc1cc(O)nc(Cc2ncc[nH]2)n1. The predicted octanol–water partition coefficient (Wildman–Crippen LogP) is 0.202. The van der Waals surface area contributed by atoms with Crippen LogP contribution in [0.25, 0.3) is 0 Å². The summed E-state index contributed by atoms with van der Waals surface area (Å²) in [6, 6.07) is 1.08. The first-order valence-electron chi connectivity index (χ1n) is 3.98. The highest BCUT2D eigenvalue weighted by Gasteiger charge is 2.04. The molecule has 2 rings (SSSR count). The van der Waals surface area contributed by atoms with Gasteiger partial charge in [0.05, 0.1) is 12.5 Å². The van der Waals surface area contributed by atoms with Crippen molar-refractivity contribution in [3.05, 3.63) is 30.1 Å². The zero-order valence-corrected chi connectivity index (χ0v) is 7.18. The molecule has 6 nitrogen and oxygen atoms in total. The summed E-state index contributed by atoms with van der Waals surface area (Å²) in [5.74, 6) is 0.491. The Hall–Kier alpha value is -2.11. The third kappa shape index (κ3) is 1.79. The number of hydrogen-bond acceptors (Lipinski definition) is 5. The Morgan fingerprint density at radius 1 is 1.21 bits per heavy atom. The fourth-order valence-electron chi connectivity index (χ4n) is 1.09. The molecule has 2 aromatic heterocycles. The molecule has 0 aliphatic rings. The Morgan fingerprint density at radius 3 is 2.50 bits per heavy atom. The lowest BCUT2D eigenvalue weighted by molar-refractivity contribution is 0.417. The minimum absolute atomic E-state index is 0.251. The maximum atomic E-state index is 9.08. The van der Waals surface area contributed by atoms with E-state index in [9.17, 15) is 0 Å². The number of aromatic amines is 1. The fourth-order valence-corrected chi connectivity index (χ4v) is 1.09. The summed E-state index contributed by atoms with van der Waals surface area (Å²) in [4.78, 5) is 14.3. The third-order valence-corrected chi connectivity index (χ3v) is 1.63. The van der Waals surface area contributed by atoms with Crippen molar-refractivity contribution in [2.75, 3.05) is 0 Å². The van der Waals surface area contributed by atoms with Crippen LogP contribution in [0.1, 0.15) is 11.6 Å². The second-order valence-corrected chi connectivity index (χ2v) is 2.71. The number of hydrogen-bond donors (Lipinski definition) is 3. The quantitative estimate of drug-likeness (QED) is 0.631. The molecule has 72 valence electrons. The second-order valence-electron chi connectivity index (χ2n) is 2.71. The zero-order chi connectivity index (χ0) is 9.97. The number of imidazole rings is 1. The Kier molecular flexibility index (Phi) is 2.02. The molecular formula is C8H8N4O2. The van der Waals surface area contributed by atoms with E-state index < -0.39 is 0 Å². The molecule has 0 atom stereocenters. The number of nitrogens with one attached hydrogen (secondary N) is 1. The lowest BCUT2D eigenvalue weighted by Gasteiger charge is -1.98. The van der Waals surface area contributed by atoms with Gasteiger partial charge in [0.25, 0.3) is 0 Å². The van der Waals surface area contributed by atoms with Crippen LogP contribution in [-0.4, -0.2) is 30.1 Å². The van der Waals surface area contributed by atoms with Crippen molar-refractivity contribution < 1.29 is 10.2 Å². The maximum Gasteiger partial charge on any atom is 0.217 e. The van der Waals surface area contributed by atoms with Crippen LogP contribution < -0.4 is 0 Å². The highest BCUT2D eigenvalue weighted by molar-refractivity contribution is 5.19. The number of H-pyrrole nitrogens is 1. The van der Waals surface area contributed by atoms with Gasteiger partial charge in [-0.3, -0.25) is 0 Å². The van der Waals surface area contributed by atoms with Crippen LogP contribution in [0.5, 0.6) is 11.8 Å². The lowest BCUT2D eigenvalue weighted by Crippen LogP contribution is -1.97. The topological polar surface area (TPSA) is 94.9 Å². The van der Waals surface area contributed by atoms with Gasteiger partial charge in [-0.25, -0.2) is 4.98 Å². The molecule has 0 unspecified atom stereocenters. The van der Waals surface area contributed by atoms with Crippen LogP contribution in [0.15, 0.2) is 18.5 Å². The van der Waals surface area contributed by atoms with Crippen molar-refractivity contribution in [3.63, 3.8) is 0 Å². The highest BCUT2D eigenvalue weighted by atomic mass is 16.3. The van der Waals surface area contributed by atoms with E-state index in [0.29, 0.717) is 18.1 Å². The van der Waals surface area contributed by atoms with E-state index in [1.54, 1.807) is 12.4 Å². The van der Waals surface area contributed by atoms with E-state index in [1.807, 2.05) is 0 Å². The van der Waals surface area contributed by atoms with Gasteiger partial charge in [0, 0.05) is 12.4 Å². The molecule has 6 heteroatoms. The fraction of sp³-hybridized carbons (Fsp3) is 0.125. The molecule has 3 N–H and O–H groups in total. The van der Waals surface area contributed by atoms with E-state index in [1.165, 1.54) is 0 Å². The molecule has 0 radical (unpaired) electrons. The number of nitrogens with zero attached hydrogens (tertiary/aromatic N) is 3. The summed E-state index contributed by atoms with van der Waals surface area (Å²) >= 11 is 0. The first-order valence-corrected chi connectivity index (χ1v) is 3.98. The number of aromatic hydroxyl groups is 2. The molecule has 0 aromatic carbocycles. The van der Waals surface area contributed by atoms with Crippen molar-refractivity contribution in [2.24, 2.45) is 0 Å². The Balaban J connectivity index is 2.25. The van der Waals surface area contributed by atoms with Crippen molar-refractivity contribution in [1.82, 2.24) is 19.9 Å². The molecule has 0 amide bonds. The van der Waals surface area contributed by atoms with Crippen molar-refractivity contribution in [1.29, 1.82) is 0 Å². The standard InChI is InChI=1S/C8H8N4O2/c13-7-4-8(14)12-6(11-7)3-5-9-1-2-10-5/h1-2,4H,3H2,(H,9,10)(H2,11,12,13,14). The summed E-state index contributed by atoms with van der Waals surface area (Å²) in [7, 11) is 0. The van der Waals surface area contributed by atoms with Gasteiger partial charge in [0.15, 0.2) is 0 Å². The van der Waals surface area contributed by atoms with Crippen LogP contribution in [0.4, 0.5) is 0 Å². The summed E-state index contributed by atoms with van der Waals surface area (Å²) in [6.45, 7) is 0. The van der Waals surface area contributed by atoms with Gasteiger partial charge in [-0.15, -0.1) is 0 Å². The molecule has 0 spiro atoms. The van der Waals surface area contributed by atoms with Gasteiger partial charge < -0.3 is 15.2 Å². The number of aromatic nitrogens is 4. The van der Waals surface area contributed by atoms with Gasteiger partial charge in [-0.2, -0.15) is 9.97 Å². The first-order chi connectivity index (χ1) is 6.74. The first kappa shape index (κ1) is 8.49. The van der Waals surface area contributed by atoms with Gasteiger partial charge in [0.1, 0.15) is 11.6 Å². The van der Waals surface area contributed by atoms with Gasteiger partial charge >= 0.3 is 0 Å². The molecule has 0 aliphatic heterocycles. The maximum absolute atomic E-state index is 9.08. The van der Waals surface area contributed by atoms with Crippen LogP contribution >= 0.6 is 0 Å². The summed E-state index contributed by atoms with van der Waals surface area (Å²) in [5.41, 5.74) is 0. The van der Waals surface area contributed by atoms with Crippen molar-refractivity contribution in [3.8, 4) is 11.8 Å². The smallest absolute Gasteiger partial charge is 0.217 e. The average Bonchev–Trinajstić information content (AvgIpc) is 2.54. The monoisotopic (exact) mass is 192 g/mol. The van der Waals surface area contributed by atoms with Crippen molar-refractivity contribution in [2.45, 2.75) is 6.42 Å². The summed E-state index contributed by atoms with van der Waals surface area (Å²) < 4.78 is 0. The molecular weight excluding hydrogens is 184 g/mol. The van der Waals surface area contributed by atoms with Gasteiger partial charge in [-0.1, -0.05) is 0 Å². The Labute approximate surface area is 79.3 Å². The third-order valence-electron chi connectivity index (χ3n) is 1.63. The highest BCUT2D eigenvalue weighted by Crippen LogP contribution is 2.13.